The van der Waals surface area contributed by atoms with Gasteiger partial charge in [0.2, 0.25) is 5.91 Å². The molecule has 32 heavy (non-hydrogen) atoms. The first-order chi connectivity index (χ1) is 14.9. The van der Waals surface area contributed by atoms with E-state index in [2.05, 4.69) is 10.1 Å². The number of hydrogen-bond donors (Lipinski definition) is 1. The molecule has 0 heterocycles. The van der Waals surface area contributed by atoms with Gasteiger partial charge in [-0.25, -0.2) is 4.79 Å². The van der Waals surface area contributed by atoms with Crippen molar-refractivity contribution in [1.29, 1.82) is 0 Å². The standard InChI is InChI=1S/C22H19F6NO3/c1-32-20(31)18(9-5-8-14-6-3-2-4-7-14)29-19(30)12-15-10-16(21(23,24)25)13-17(11-15)22(26,27)28/h2-8,10-11,13,18H,9,12H2,1H3,(H,29,30)/b8-5+/t18-/m0/s1. The minimum absolute atomic E-state index is 0.00367. The van der Waals surface area contributed by atoms with Crippen molar-refractivity contribution in [2.75, 3.05) is 7.11 Å². The van der Waals surface area contributed by atoms with Gasteiger partial charge >= 0.3 is 18.3 Å². The molecule has 0 radical (unpaired) electrons. The second kappa shape index (κ2) is 10.3. The maximum absolute atomic E-state index is 13.0. The summed E-state index contributed by atoms with van der Waals surface area (Å²) in [5.41, 5.74) is -2.71. The van der Waals surface area contributed by atoms with Crippen LogP contribution in [0.15, 0.2) is 54.6 Å². The number of halogens is 6. The number of nitrogens with one attached hydrogen (secondary N) is 1. The molecule has 2 aromatic carbocycles. The van der Waals surface area contributed by atoms with Crippen LogP contribution in [0.1, 0.15) is 28.7 Å². The number of ether oxygens (including phenoxy) is 1. The molecule has 1 N–H and O–H groups in total. The molecule has 0 aliphatic carbocycles. The summed E-state index contributed by atoms with van der Waals surface area (Å²) in [4.78, 5) is 24.2. The normalized spacial score (nSPS) is 13.1. The van der Waals surface area contributed by atoms with E-state index in [4.69, 9.17) is 0 Å². The van der Waals surface area contributed by atoms with E-state index in [1.165, 1.54) is 0 Å². The molecular formula is C22H19F6NO3. The van der Waals surface area contributed by atoms with E-state index in [0.717, 1.165) is 12.7 Å². The third kappa shape index (κ3) is 7.44. The van der Waals surface area contributed by atoms with Crippen molar-refractivity contribution in [2.24, 2.45) is 0 Å². The van der Waals surface area contributed by atoms with E-state index in [-0.39, 0.29) is 12.5 Å². The number of benzene rings is 2. The van der Waals surface area contributed by atoms with Crippen molar-refractivity contribution in [2.45, 2.75) is 31.2 Å². The predicted molar refractivity (Wildman–Crippen MR) is 104 cm³/mol. The lowest BCUT2D eigenvalue weighted by Crippen LogP contribution is -2.41. The van der Waals surface area contributed by atoms with E-state index in [1.807, 2.05) is 6.07 Å². The number of hydrogen-bond acceptors (Lipinski definition) is 3. The lowest BCUT2D eigenvalue weighted by Gasteiger charge is -2.16. The molecule has 0 aromatic heterocycles. The van der Waals surface area contributed by atoms with Crippen LogP contribution in [0.3, 0.4) is 0 Å². The highest BCUT2D eigenvalue weighted by Gasteiger charge is 2.37. The molecule has 0 unspecified atom stereocenters. The molecule has 2 rings (SSSR count). The molecule has 1 amide bonds. The Labute approximate surface area is 179 Å². The summed E-state index contributed by atoms with van der Waals surface area (Å²) >= 11 is 0. The summed E-state index contributed by atoms with van der Waals surface area (Å²) in [6.45, 7) is 0. The number of methoxy groups -OCH3 is 1. The number of carbonyl (C=O) groups is 2. The zero-order chi connectivity index (χ0) is 23.9. The SMILES string of the molecule is COC(=O)[C@H](C/C=C/c1ccccc1)NC(=O)Cc1cc(C(F)(F)F)cc(C(F)(F)F)c1. The van der Waals surface area contributed by atoms with Gasteiger partial charge < -0.3 is 10.1 Å². The molecule has 0 aliphatic heterocycles. The monoisotopic (exact) mass is 459 g/mol. The molecule has 1 atom stereocenters. The van der Waals surface area contributed by atoms with E-state index in [9.17, 15) is 35.9 Å². The Hall–Kier alpha value is -3.30. The Morgan fingerprint density at radius 3 is 2.03 bits per heavy atom. The summed E-state index contributed by atoms with van der Waals surface area (Å²) in [6, 6.07) is 8.75. The fourth-order valence-electron chi connectivity index (χ4n) is 2.81. The molecule has 0 aliphatic rings. The van der Waals surface area contributed by atoms with Crippen molar-refractivity contribution < 1.29 is 40.7 Å². The Balaban J connectivity index is 2.16. The Morgan fingerprint density at radius 2 is 1.53 bits per heavy atom. The van der Waals surface area contributed by atoms with Gasteiger partial charge in [0.25, 0.3) is 0 Å². The number of rotatable bonds is 7. The highest BCUT2D eigenvalue weighted by molar-refractivity contribution is 5.85. The highest BCUT2D eigenvalue weighted by Crippen LogP contribution is 2.36. The fraction of sp³-hybridized carbons (Fsp3) is 0.273. The van der Waals surface area contributed by atoms with Crippen molar-refractivity contribution in [3.63, 3.8) is 0 Å². The lowest BCUT2D eigenvalue weighted by molar-refractivity contribution is -0.145. The van der Waals surface area contributed by atoms with E-state index >= 15 is 0 Å². The van der Waals surface area contributed by atoms with Crippen LogP contribution in [0.5, 0.6) is 0 Å². The minimum atomic E-state index is -5.02. The average molecular weight is 459 g/mol. The van der Waals surface area contributed by atoms with Crippen LogP contribution in [-0.2, 0) is 33.1 Å². The minimum Gasteiger partial charge on any atom is -0.467 e. The third-order valence-corrected chi connectivity index (χ3v) is 4.31. The summed E-state index contributed by atoms with van der Waals surface area (Å²) in [5, 5.41) is 2.29. The first-order valence-electron chi connectivity index (χ1n) is 9.27. The van der Waals surface area contributed by atoms with Gasteiger partial charge in [0.15, 0.2) is 0 Å². The average Bonchev–Trinajstić information content (AvgIpc) is 2.71. The summed E-state index contributed by atoms with van der Waals surface area (Å²) in [5.74, 6) is -1.74. The smallest absolute Gasteiger partial charge is 0.416 e. The summed E-state index contributed by atoms with van der Waals surface area (Å²) in [6.07, 6.45) is -7.56. The molecule has 0 spiro atoms. The van der Waals surface area contributed by atoms with Crippen LogP contribution in [0.2, 0.25) is 0 Å². The molecule has 0 saturated carbocycles. The van der Waals surface area contributed by atoms with Gasteiger partial charge in [-0.2, -0.15) is 26.3 Å². The van der Waals surface area contributed by atoms with Crippen molar-refractivity contribution in [1.82, 2.24) is 5.32 Å². The Bertz CT molecular complexity index is 936. The molecule has 0 saturated heterocycles. The van der Waals surface area contributed by atoms with E-state index in [0.29, 0.717) is 12.1 Å². The van der Waals surface area contributed by atoms with Crippen molar-refractivity contribution >= 4 is 18.0 Å². The van der Waals surface area contributed by atoms with Crippen molar-refractivity contribution in [3.8, 4) is 0 Å². The predicted octanol–water partition coefficient (Wildman–Crippen LogP) is 5.03. The number of carbonyl (C=O) groups excluding carboxylic acids is 2. The molecule has 0 bridgehead atoms. The summed E-state index contributed by atoms with van der Waals surface area (Å²) < 4.78 is 82.5. The Kier molecular flexibility index (Phi) is 8.07. The van der Waals surface area contributed by atoms with Crippen LogP contribution in [0, 0.1) is 0 Å². The van der Waals surface area contributed by atoms with Gasteiger partial charge in [-0.05, 0) is 35.7 Å². The van der Waals surface area contributed by atoms with Crippen LogP contribution in [0.25, 0.3) is 6.08 Å². The van der Waals surface area contributed by atoms with Crippen LogP contribution >= 0.6 is 0 Å². The largest absolute Gasteiger partial charge is 0.467 e. The Morgan fingerprint density at radius 1 is 0.969 bits per heavy atom. The lowest BCUT2D eigenvalue weighted by atomic mass is 10.0. The molecule has 0 fully saturated rings. The highest BCUT2D eigenvalue weighted by atomic mass is 19.4. The summed E-state index contributed by atoms with van der Waals surface area (Å²) in [7, 11) is 1.09. The first-order valence-corrected chi connectivity index (χ1v) is 9.27. The molecule has 10 heteroatoms. The number of amides is 1. The maximum Gasteiger partial charge on any atom is 0.416 e. The van der Waals surface area contributed by atoms with Gasteiger partial charge in [-0.15, -0.1) is 0 Å². The molecule has 2 aromatic rings. The number of esters is 1. The van der Waals surface area contributed by atoms with Gasteiger partial charge in [0, 0.05) is 0 Å². The molecule has 4 nitrogen and oxygen atoms in total. The first kappa shape index (κ1) is 25.0. The van der Waals surface area contributed by atoms with Crippen LogP contribution in [-0.4, -0.2) is 25.0 Å². The van der Waals surface area contributed by atoms with Gasteiger partial charge in [-0.3, -0.25) is 4.79 Å². The maximum atomic E-state index is 13.0. The second-order valence-corrected chi connectivity index (χ2v) is 6.78. The van der Waals surface area contributed by atoms with Gasteiger partial charge in [0.1, 0.15) is 6.04 Å². The van der Waals surface area contributed by atoms with Crippen LogP contribution in [0.4, 0.5) is 26.3 Å². The van der Waals surface area contributed by atoms with Gasteiger partial charge in [0.05, 0.1) is 24.7 Å². The van der Waals surface area contributed by atoms with Gasteiger partial charge in [-0.1, -0.05) is 42.5 Å². The zero-order valence-corrected chi connectivity index (χ0v) is 16.8. The third-order valence-electron chi connectivity index (χ3n) is 4.31. The van der Waals surface area contributed by atoms with E-state index in [1.54, 1.807) is 36.4 Å². The van der Waals surface area contributed by atoms with Crippen molar-refractivity contribution in [3.05, 3.63) is 76.9 Å². The number of alkyl halides is 6. The molecular weight excluding hydrogens is 440 g/mol. The second-order valence-electron chi connectivity index (χ2n) is 6.78. The van der Waals surface area contributed by atoms with E-state index < -0.39 is 53.4 Å². The quantitative estimate of drug-likeness (QED) is 0.467. The molecule has 172 valence electrons. The fourth-order valence-corrected chi connectivity index (χ4v) is 2.81. The topological polar surface area (TPSA) is 55.4 Å². The zero-order valence-electron chi connectivity index (χ0n) is 16.8. The van der Waals surface area contributed by atoms with Crippen LogP contribution < -0.4 is 5.32 Å².